The van der Waals surface area contributed by atoms with Crippen LogP contribution in [0.2, 0.25) is 0 Å². The topological polar surface area (TPSA) is 77.5 Å². The largest absolute Gasteiger partial charge is 0.423 e. The molecule has 0 bridgehead atoms. The van der Waals surface area contributed by atoms with Crippen molar-refractivity contribution in [1.82, 2.24) is 0 Å². The van der Waals surface area contributed by atoms with Crippen LogP contribution in [0.4, 0.5) is 0 Å². The molecule has 0 radical (unpaired) electrons. The van der Waals surface area contributed by atoms with Crippen LogP contribution in [0.25, 0.3) is 0 Å². The zero-order valence-electron chi connectivity index (χ0n) is 12.8. The fourth-order valence-corrected chi connectivity index (χ4v) is 2.80. The fraction of sp³-hybridized carbons (Fsp3) is 0.176. The second-order valence-corrected chi connectivity index (χ2v) is 7.38. The van der Waals surface area contributed by atoms with Crippen LogP contribution in [-0.2, 0) is 15.6 Å². The van der Waals surface area contributed by atoms with Crippen molar-refractivity contribution in [2.75, 3.05) is 6.26 Å². The van der Waals surface area contributed by atoms with E-state index in [1.54, 1.807) is 30.3 Å². The van der Waals surface area contributed by atoms with Crippen molar-refractivity contribution >= 4 is 21.6 Å². The van der Waals surface area contributed by atoms with Gasteiger partial charge >= 0.3 is 5.97 Å². The molecule has 0 heterocycles. The summed E-state index contributed by atoms with van der Waals surface area (Å²) < 4.78 is 27.9. The van der Waals surface area contributed by atoms with Crippen molar-refractivity contribution in [2.45, 2.75) is 12.7 Å². The molecular formula is C17H16O5S. The molecule has 0 spiro atoms. The standard InChI is InChI=1S/C17H16O5S/c1-12(18)14-6-8-16(9-7-14)22-17(19)15-5-3-4-13(10-15)11-23(2,20)21/h3-10H,11H2,1-2H3. The van der Waals surface area contributed by atoms with E-state index in [4.69, 9.17) is 4.74 Å². The Balaban J connectivity index is 2.14. The Bertz CT molecular complexity index is 836. The number of carbonyl (C=O) groups is 2. The van der Waals surface area contributed by atoms with Crippen LogP contribution in [0.15, 0.2) is 48.5 Å². The van der Waals surface area contributed by atoms with Crippen molar-refractivity contribution in [3.8, 4) is 5.75 Å². The minimum atomic E-state index is -3.18. The van der Waals surface area contributed by atoms with E-state index in [9.17, 15) is 18.0 Å². The van der Waals surface area contributed by atoms with Crippen molar-refractivity contribution in [3.05, 3.63) is 65.2 Å². The van der Waals surface area contributed by atoms with Crippen LogP contribution in [0.5, 0.6) is 5.75 Å². The molecule has 0 N–H and O–H groups in total. The second kappa shape index (κ2) is 6.75. The molecule has 0 aromatic heterocycles. The highest BCUT2D eigenvalue weighted by atomic mass is 32.2. The van der Waals surface area contributed by atoms with Crippen LogP contribution in [0.1, 0.15) is 33.2 Å². The van der Waals surface area contributed by atoms with Crippen LogP contribution >= 0.6 is 0 Å². The first-order chi connectivity index (χ1) is 10.7. The number of ketones is 1. The van der Waals surface area contributed by atoms with Gasteiger partial charge in [0.1, 0.15) is 5.75 Å². The molecule has 120 valence electrons. The number of hydrogen-bond acceptors (Lipinski definition) is 5. The van der Waals surface area contributed by atoms with Crippen molar-refractivity contribution in [3.63, 3.8) is 0 Å². The highest BCUT2D eigenvalue weighted by Crippen LogP contribution is 2.16. The summed E-state index contributed by atoms with van der Waals surface area (Å²) in [6.45, 7) is 1.45. The summed E-state index contributed by atoms with van der Waals surface area (Å²) in [5.41, 5.74) is 1.32. The summed E-state index contributed by atoms with van der Waals surface area (Å²) in [7, 11) is -3.18. The normalized spacial score (nSPS) is 11.0. The molecule has 0 fully saturated rings. The predicted molar refractivity (Wildman–Crippen MR) is 86.4 cm³/mol. The van der Waals surface area contributed by atoms with Gasteiger partial charge in [0, 0.05) is 11.8 Å². The molecule has 0 unspecified atom stereocenters. The van der Waals surface area contributed by atoms with E-state index in [2.05, 4.69) is 0 Å². The zero-order chi connectivity index (χ0) is 17.0. The molecule has 5 nitrogen and oxygen atoms in total. The maximum Gasteiger partial charge on any atom is 0.343 e. The zero-order valence-corrected chi connectivity index (χ0v) is 13.6. The lowest BCUT2D eigenvalue weighted by molar-refractivity contribution is 0.0734. The van der Waals surface area contributed by atoms with Crippen LogP contribution < -0.4 is 4.74 Å². The molecule has 0 aliphatic carbocycles. The van der Waals surface area contributed by atoms with E-state index in [0.29, 0.717) is 16.9 Å². The summed E-state index contributed by atoms with van der Waals surface area (Å²) >= 11 is 0. The molecule has 2 aromatic rings. The van der Waals surface area contributed by atoms with E-state index in [1.165, 1.54) is 25.1 Å². The lowest BCUT2D eigenvalue weighted by Crippen LogP contribution is -2.10. The molecule has 0 saturated heterocycles. The van der Waals surface area contributed by atoms with Gasteiger partial charge in [0.25, 0.3) is 0 Å². The van der Waals surface area contributed by atoms with Crippen molar-refractivity contribution < 1.29 is 22.7 Å². The first kappa shape index (κ1) is 16.9. The van der Waals surface area contributed by atoms with Crippen molar-refractivity contribution in [1.29, 1.82) is 0 Å². The van der Waals surface area contributed by atoms with Gasteiger partial charge in [-0.25, -0.2) is 13.2 Å². The summed E-state index contributed by atoms with van der Waals surface area (Å²) in [6, 6.07) is 12.5. The van der Waals surface area contributed by atoms with Gasteiger partial charge in [0.2, 0.25) is 0 Å². The minimum Gasteiger partial charge on any atom is -0.423 e. The third kappa shape index (κ3) is 5.03. The fourth-order valence-electron chi connectivity index (χ4n) is 2.01. The van der Waals surface area contributed by atoms with Gasteiger partial charge in [-0.15, -0.1) is 0 Å². The van der Waals surface area contributed by atoms with Crippen LogP contribution in [0.3, 0.4) is 0 Å². The monoisotopic (exact) mass is 332 g/mol. The van der Waals surface area contributed by atoms with E-state index in [1.807, 2.05) is 0 Å². The van der Waals surface area contributed by atoms with Gasteiger partial charge in [0.05, 0.1) is 11.3 Å². The molecule has 23 heavy (non-hydrogen) atoms. The van der Waals surface area contributed by atoms with Gasteiger partial charge in [-0.2, -0.15) is 0 Å². The van der Waals surface area contributed by atoms with Gasteiger partial charge in [-0.1, -0.05) is 12.1 Å². The lowest BCUT2D eigenvalue weighted by Gasteiger charge is -2.06. The van der Waals surface area contributed by atoms with Crippen LogP contribution in [0, 0.1) is 0 Å². The maximum atomic E-state index is 12.1. The van der Waals surface area contributed by atoms with Crippen molar-refractivity contribution in [2.24, 2.45) is 0 Å². The number of benzene rings is 2. The lowest BCUT2D eigenvalue weighted by atomic mass is 10.1. The van der Waals surface area contributed by atoms with Crippen LogP contribution in [-0.4, -0.2) is 26.4 Å². The number of carbonyl (C=O) groups excluding carboxylic acids is 2. The summed E-state index contributed by atoms with van der Waals surface area (Å²) in [6.07, 6.45) is 1.13. The average Bonchev–Trinajstić information content (AvgIpc) is 2.46. The Hall–Kier alpha value is -2.47. The molecular weight excluding hydrogens is 316 g/mol. The molecule has 0 aliphatic rings. The van der Waals surface area contributed by atoms with E-state index >= 15 is 0 Å². The SMILES string of the molecule is CC(=O)c1ccc(OC(=O)c2cccc(CS(C)(=O)=O)c2)cc1. The first-order valence-electron chi connectivity index (χ1n) is 6.84. The molecule has 0 atom stereocenters. The highest BCUT2D eigenvalue weighted by Gasteiger charge is 2.11. The summed E-state index contributed by atoms with van der Waals surface area (Å²) in [5, 5.41) is 0. The number of ether oxygens (including phenoxy) is 1. The van der Waals surface area contributed by atoms with Gasteiger partial charge in [0.15, 0.2) is 15.6 Å². The number of rotatable bonds is 5. The molecule has 0 amide bonds. The van der Waals surface area contributed by atoms with E-state index in [-0.39, 0.29) is 17.1 Å². The number of hydrogen-bond donors (Lipinski definition) is 0. The highest BCUT2D eigenvalue weighted by molar-refractivity contribution is 7.89. The first-order valence-corrected chi connectivity index (χ1v) is 8.90. The number of Topliss-reactive ketones (excluding diaryl/α,β-unsaturated/α-hetero) is 1. The third-order valence-corrected chi connectivity index (χ3v) is 3.92. The number of esters is 1. The molecule has 2 rings (SSSR count). The number of sulfone groups is 1. The average molecular weight is 332 g/mol. The summed E-state index contributed by atoms with van der Waals surface area (Å²) in [5.74, 6) is -0.484. The van der Waals surface area contributed by atoms with Gasteiger partial charge in [-0.05, 0) is 48.9 Å². The van der Waals surface area contributed by atoms with Gasteiger partial charge in [-0.3, -0.25) is 4.79 Å². The second-order valence-electron chi connectivity index (χ2n) is 5.24. The Labute approximate surface area is 134 Å². The molecule has 6 heteroatoms. The maximum absolute atomic E-state index is 12.1. The Kier molecular flexibility index (Phi) is 4.95. The quantitative estimate of drug-likeness (QED) is 0.478. The Morgan fingerprint density at radius 1 is 1.00 bits per heavy atom. The Morgan fingerprint density at radius 2 is 1.65 bits per heavy atom. The summed E-state index contributed by atoms with van der Waals surface area (Å²) in [4.78, 5) is 23.3. The molecule has 0 aliphatic heterocycles. The molecule has 0 saturated carbocycles. The minimum absolute atomic E-state index is 0.0728. The van der Waals surface area contributed by atoms with E-state index in [0.717, 1.165) is 6.26 Å². The Morgan fingerprint density at radius 3 is 2.22 bits per heavy atom. The van der Waals surface area contributed by atoms with E-state index < -0.39 is 15.8 Å². The smallest absolute Gasteiger partial charge is 0.343 e. The van der Waals surface area contributed by atoms with Gasteiger partial charge < -0.3 is 4.74 Å². The predicted octanol–water partition coefficient (Wildman–Crippen LogP) is 2.65. The third-order valence-electron chi connectivity index (χ3n) is 3.06. The molecule has 2 aromatic carbocycles.